The molecule has 16 heavy (non-hydrogen) atoms. The van der Waals surface area contributed by atoms with Gasteiger partial charge in [0, 0.05) is 19.6 Å². The summed E-state index contributed by atoms with van der Waals surface area (Å²) in [5.41, 5.74) is 5.55. The number of hydrogen-bond acceptors (Lipinski definition) is 4. The van der Waals surface area contributed by atoms with Gasteiger partial charge in [0.15, 0.2) is 0 Å². The van der Waals surface area contributed by atoms with E-state index in [0.717, 1.165) is 18.7 Å². The third kappa shape index (κ3) is 3.26. The third-order valence-electron chi connectivity index (χ3n) is 2.92. The number of halogens is 1. The van der Waals surface area contributed by atoms with Crippen LogP contribution in [-0.2, 0) is 9.53 Å². The van der Waals surface area contributed by atoms with Crippen LogP contribution in [0.4, 0.5) is 0 Å². The normalized spacial score (nSPS) is 29.9. The molecule has 0 aromatic heterocycles. The van der Waals surface area contributed by atoms with Gasteiger partial charge in [-0.25, -0.2) is 0 Å². The first-order valence-corrected chi connectivity index (χ1v) is 6.58. The highest BCUT2D eigenvalue weighted by Gasteiger charge is 2.30. The Bertz CT molecular complexity index is 237. The molecular formula is C10H19ClN2O2S. The molecule has 2 aliphatic heterocycles. The minimum Gasteiger partial charge on any atom is -0.373 e. The lowest BCUT2D eigenvalue weighted by Gasteiger charge is -2.33. The third-order valence-corrected chi connectivity index (χ3v) is 4.28. The van der Waals surface area contributed by atoms with Gasteiger partial charge in [-0.05, 0) is 18.6 Å². The summed E-state index contributed by atoms with van der Waals surface area (Å²) in [7, 11) is 0. The highest BCUT2D eigenvalue weighted by Crippen LogP contribution is 2.28. The summed E-state index contributed by atoms with van der Waals surface area (Å²) >= 11 is 1.79. The zero-order valence-electron chi connectivity index (χ0n) is 9.26. The number of thioether (sulfide) groups is 1. The summed E-state index contributed by atoms with van der Waals surface area (Å²) in [4.78, 5) is 14.0. The molecule has 0 aromatic carbocycles. The van der Waals surface area contributed by atoms with Crippen molar-refractivity contribution in [1.29, 1.82) is 0 Å². The molecule has 2 N–H and O–H groups in total. The standard InChI is InChI=1S/C10H18N2O2S.ClH/c11-6-8-7-12(3-4-14-8)10(13)9-2-1-5-15-9;/h8-9H,1-7,11H2;1H. The van der Waals surface area contributed by atoms with E-state index in [9.17, 15) is 4.79 Å². The first-order chi connectivity index (χ1) is 7.31. The van der Waals surface area contributed by atoms with E-state index in [-0.39, 0.29) is 23.8 Å². The van der Waals surface area contributed by atoms with Crippen molar-refractivity contribution in [3.63, 3.8) is 0 Å². The molecule has 0 aliphatic carbocycles. The van der Waals surface area contributed by atoms with Crippen molar-refractivity contribution in [3.8, 4) is 0 Å². The van der Waals surface area contributed by atoms with Gasteiger partial charge in [-0.2, -0.15) is 0 Å². The largest absolute Gasteiger partial charge is 0.373 e. The van der Waals surface area contributed by atoms with E-state index in [4.69, 9.17) is 10.5 Å². The average Bonchev–Trinajstić information content (AvgIpc) is 2.81. The van der Waals surface area contributed by atoms with Crippen molar-refractivity contribution in [1.82, 2.24) is 4.90 Å². The van der Waals surface area contributed by atoms with Crippen molar-refractivity contribution >= 4 is 30.1 Å². The van der Waals surface area contributed by atoms with E-state index in [2.05, 4.69) is 0 Å². The van der Waals surface area contributed by atoms with Crippen molar-refractivity contribution < 1.29 is 9.53 Å². The Kier molecular flexibility index (Phi) is 5.89. The zero-order chi connectivity index (χ0) is 10.7. The van der Waals surface area contributed by atoms with E-state index < -0.39 is 0 Å². The summed E-state index contributed by atoms with van der Waals surface area (Å²) in [6, 6.07) is 0. The van der Waals surface area contributed by atoms with Crippen LogP contribution in [0.25, 0.3) is 0 Å². The van der Waals surface area contributed by atoms with Gasteiger partial charge < -0.3 is 15.4 Å². The summed E-state index contributed by atoms with van der Waals surface area (Å²) in [6.45, 7) is 2.53. The molecule has 94 valence electrons. The number of hydrogen-bond donors (Lipinski definition) is 1. The fourth-order valence-corrected chi connectivity index (χ4v) is 3.28. The first-order valence-electron chi connectivity index (χ1n) is 5.53. The van der Waals surface area contributed by atoms with E-state index in [1.165, 1.54) is 6.42 Å². The molecule has 2 atom stereocenters. The Morgan fingerprint density at radius 1 is 1.56 bits per heavy atom. The number of carbonyl (C=O) groups excluding carboxylic acids is 1. The van der Waals surface area contributed by atoms with Crippen molar-refractivity contribution in [2.24, 2.45) is 5.73 Å². The highest BCUT2D eigenvalue weighted by atomic mass is 35.5. The lowest BCUT2D eigenvalue weighted by Crippen LogP contribution is -2.50. The summed E-state index contributed by atoms with van der Waals surface area (Å²) in [5.74, 6) is 1.42. The van der Waals surface area contributed by atoms with Crippen LogP contribution in [0.3, 0.4) is 0 Å². The summed E-state index contributed by atoms with van der Waals surface area (Å²) < 4.78 is 5.44. The SMILES string of the molecule is Cl.NCC1CN(C(=O)C2CCCS2)CCO1. The van der Waals surface area contributed by atoms with Gasteiger partial charge in [-0.1, -0.05) is 0 Å². The monoisotopic (exact) mass is 266 g/mol. The van der Waals surface area contributed by atoms with E-state index in [1.807, 2.05) is 4.90 Å². The van der Waals surface area contributed by atoms with Gasteiger partial charge in [0.25, 0.3) is 0 Å². The Hall–Kier alpha value is 0.0300. The van der Waals surface area contributed by atoms with Gasteiger partial charge in [0.2, 0.25) is 5.91 Å². The van der Waals surface area contributed by atoms with Crippen LogP contribution >= 0.6 is 24.2 Å². The van der Waals surface area contributed by atoms with Crippen LogP contribution in [0.2, 0.25) is 0 Å². The smallest absolute Gasteiger partial charge is 0.235 e. The van der Waals surface area contributed by atoms with Crippen LogP contribution < -0.4 is 5.73 Å². The van der Waals surface area contributed by atoms with Gasteiger partial charge in [-0.15, -0.1) is 24.2 Å². The quantitative estimate of drug-likeness (QED) is 0.790. The van der Waals surface area contributed by atoms with Crippen LogP contribution in [0, 0.1) is 0 Å². The molecule has 2 rings (SSSR count). The number of nitrogens with two attached hydrogens (primary N) is 1. The van der Waals surface area contributed by atoms with Crippen LogP contribution in [-0.4, -0.2) is 54.2 Å². The molecule has 0 saturated carbocycles. The fourth-order valence-electron chi connectivity index (χ4n) is 2.04. The number of ether oxygens (including phenoxy) is 1. The molecule has 2 aliphatic rings. The number of amides is 1. The maximum atomic E-state index is 12.1. The van der Waals surface area contributed by atoms with Crippen molar-refractivity contribution in [2.75, 3.05) is 32.0 Å². The van der Waals surface area contributed by atoms with E-state index in [1.54, 1.807) is 11.8 Å². The number of nitrogens with zero attached hydrogens (tertiary/aromatic N) is 1. The molecule has 0 spiro atoms. The van der Waals surface area contributed by atoms with Crippen LogP contribution in [0.1, 0.15) is 12.8 Å². The van der Waals surface area contributed by atoms with Crippen LogP contribution in [0.15, 0.2) is 0 Å². The summed E-state index contributed by atoms with van der Waals surface area (Å²) in [6.07, 6.45) is 2.24. The molecule has 0 bridgehead atoms. The molecule has 2 unspecified atom stereocenters. The van der Waals surface area contributed by atoms with Gasteiger partial charge in [-0.3, -0.25) is 4.79 Å². The fraction of sp³-hybridized carbons (Fsp3) is 0.900. The average molecular weight is 267 g/mol. The summed E-state index contributed by atoms with van der Waals surface area (Å²) in [5, 5.41) is 0.196. The molecule has 2 fully saturated rings. The Morgan fingerprint density at radius 3 is 3.00 bits per heavy atom. The van der Waals surface area contributed by atoms with E-state index >= 15 is 0 Å². The predicted molar refractivity (Wildman–Crippen MR) is 68.1 cm³/mol. The minimum absolute atomic E-state index is 0. The first kappa shape index (κ1) is 14.1. The Labute approximate surface area is 107 Å². The molecule has 2 saturated heterocycles. The molecule has 6 heteroatoms. The highest BCUT2D eigenvalue weighted by molar-refractivity contribution is 8.00. The topological polar surface area (TPSA) is 55.6 Å². The molecule has 1 amide bonds. The number of rotatable bonds is 2. The number of morpholine rings is 1. The van der Waals surface area contributed by atoms with Gasteiger partial charge in [0.1, 0.15) is 0 Å². The maximum Gasteiger partial charge on any atom is 0.235 e. The van der Waals surface area contributed by atoms with Crippen molar-refractivity contribution in [2.45, 2.75) is 24.2 Å². The molecule has 2 heterocycles. The predicted octanol–water partition coefficient (Wildman–Crippen LogP) is 0.490. The zero-order valence-corrected chi connectivity index (χ0v) is 10.9. The Balaban J connectivity index is 0.00000128. The second-order valence-corrected chi connectivity index (χ2v) is 5.33. The second-order valence-electron chi connectivity index (χ2n) is 4.01. The van der Waals surface area contributed by atoms with Gasteiger partial charge >= 0.3 is 0 Å². The number of carbonyl (C=O) groups is 1. The molecular weight excluding hydrogens is 248 g/mol. The lowest BCUT2D eigenvalue weighted by atomic mass is 10.2. The van der Waals surface area contributed by atoms with Gasteiger partial charge in [0.05, 0.1) is 18.0 Å². The molecule has 4 nitrogen and oxygen atoms in total. The van der Waals surface area contributed by atoms with E-state index in [0.29, 0.717) is 25.6 Å². The lowest BCUT2D eigenvalue weighted by molar-refractivity contribution is -0.137. The molecule has 0 radical (unpaired) electrons. The van der Waals surface area contributed by atoms with Crippen LogP contribution in [0.5, 0.6) is 0 Å². The molecule has 0 aromatic rings. The Morgan fingerprint density at radius 2 is 2.38 bits per heavy atom. The minimum atomic E-state index is 0. The van der Waals surface area contributed by atoms with Crippen molar-refractivity contribution in [3.05, 3.63) is 0 Å². The second kappa shape index (κ2) is 6.69. The maximum absolute atomic E-state index is 12.1.